The molecule has 0 unspecified atom stereocenters. The first kappa shape index (κ1) is 13.0. The second kappa shape index (κ2) is 5.06. The fraction of sp³-hybridized carbons (Fsp3) is 0.357. The maximum absolute atomic E-state index is 12.1. The van der Waals surface area contributed by atoms with E-state index in [4.69, 9.17) is 0 Å². The molecule has 1 aromatic rings. The van der Waals surface area contributed by atoms with Gasteiger partial charge >= 0.3 is 0 Å². The third-order valence-corrected chi connectivity index (χ3v) is 4.26. The van der Waals surface area contributed by atoms with Crippen molar-refractivity contribution in [3.63, 3.8) is 0 Å². The van der Waals surface area contributed by atoms with Crippen LogP contribution in [-0.4, -0.2) is 20.5 Å². The Morgan fingerprint density at radius 2 is 1.78 bits per heavy atom. The van der Waals surface area contributed by atoms with Crippen LogP contribution in [0, 0.1) is 0 Å². The molecule has 1 aliphatic rings. The highest BCUT2D eigenvalue weighted by molar-refractivity contribution is 7.90. The molecule has 4 heteroatoms. The molecular formula is C14H16O3S. The van der Waals surface area contributed by atoms with E-state index in [-0.39, 0.29) is 10.7 Å². The number of benzene rings is 1. The number of allylic oxidation sites excluding steroid dienone is 2. The molecule has 0 heterocycles. The van der Waals surface area contributed by atoms with Gasteiger partial charge in [-0.05, 0) is 55.5 Å². The van der Waals surface area contributed by atoms with Crippen molar-refractivity contribution in [1.82, 2.24) is 0 Å². The van der Waals surface area contributed by atoms with Gasteiger partial charge < -0.3 is 0 Å². The number of rotatable bonds is 3. The summed E-state index contributed by atoms with van der Waals surface area (Å²) in [5.41, 5.74) is 1.42. The Morgan fingerprint density at radius 3 is 2.28 bits per heavy atom. The molecule has 0 amide bonds. The highest BCUT2D eigenvalue weighted by Crippen LogP contribution is 2.22. The topological polar surface area (TPSA) is 51.2 Å². The van der Waals surface area contributed by atoms with Crippen LogP contribution in [0.1, 0.15) is 36.0 Å². The Bertz CT molecular complexity index is 580. The van der Waals surface area contributed by atoms with E-state index >= 15 is 0 Å². The van der Waals surface area contributed by atoms with Crippen molar-refractivity contribution in [3.8, 4) is 0 Å². The van der Waals surface area contributed by atoms with Crippen molar-refractivity contribution in [2.24, 2.45) is 0 Å². The third-order valence-electron chi connectivity index (χ3n) is 3.13. The quantitative estimate of drug-likeness (QED) is 0.789. The normalized spacial score (nSPS) is 16.2. The van der Waals surface area contributed by atoms with Crippen LogP contribution >= 0.6 is 0 Å². The lowest BCUT2D eigenvalue weighted by atomic mass is 9.93. The highest BCUT2D eigenvalue weighted by atomic mass is 32.2. The maximum Gasteiger partial charge on any atom is 0.188 e. The van der Waals surface area contributed by atoms with Gasteiger partial charge in [-0.25, -0.2) is 8.42 Å². The van der Waals surface area contributed by atoms with Gasteiger partial charge in [0.25, 0.3) is 0 Å². The lowest BCUT2D eigenvalue weighted by Crippen LogP contribution is -2.07. The summed E-state index contributed by atoms with van der Waals surface area (Å²) in [6, 6.07) is 6.17. The van der Waals surface area contributed by atoms with Crippen molar-refractivity contribution in [3.05, 3.63) is 41.5 Å². The van der Waals surface area contributed by atoms with Gasteiger partial charge in [-0.1, -0.05) is 6.08 Å². The minimum Gasteiger partial charge on any atom is -0.289 e. The van der Waals surface area contributed by atoms with Crippen molar-refractivity contribution in [1.29, 1.82) is 0 Å². The fourth-order valence-electron chi connectivity index (χ4n) is 2.08. The van der Waals surface area contributed by atoms with Crippen LogP contribution in [-0.2, 0) is 9.84 Å². The average Bonchev–Trinajstić information content (AvgIpc) is 2.38. The number of sulfone groups is 1. The van der Waals surface area contributed by atoms with Crippen LogP contribution in [0.25, 0.3) is 0 Å². The van der Waals surface area contributed by atoms with E-state index in [0.717, 1.165) is 37.5 Å². The summed E-state index contributed by atoms with van der Waals surface area (Å²) >= 11 is 0. The van der Waals surface area contributed by atoms with Gasteiger partial charge in [-0.3, -0.25) is 4.79 Å². The van der Waals surface area contributed by atoms with E-state index in [9.17, 15) is 13.2 Å². The summed E-state index contributed by atoms with van der Waals surface area (Å²) in [7, 11) is -3.20. The molecule has 2 rings (SSSR count). The van der Waals surface area contributed by atoms with Crippen molar-refractivity contribution in [2.75, 3.05) is 6.26 Å². The molecule has 0 bridgehead atoms. The second-order valence-corrected chi connectivity index (χ2v) is 6.62. The highest BCUT2D eigenvalue weighted by Gasteiger charge is 2.15. The molecule has 0 spiro atoms. The Labute approximate surface area is 107 Å². The van der Waals surface area contributed by atoms with Crippen molar-refractivity contribution in [2.45, 2.75) is 30.6 Å². The SMILES string of the molecule is CS(=O)(=O)c1ccc(C(=O)C2=CCCCC2)cc1. The van der Waals surface area contributed by atoms with Crippen LogP contribution in [0.3, 0.4) is 0 Å². The Kier molecular flexibility index (Phi) is 3.66. The number of hydrogen-bond donors (Lipinski definition) is 0. The monoisotopic (exact) mass is 264 g/mol. The first-order valence-electron chi connectivity index (χ1n) is 6.02. The first-order chi connectivity index (χ1) is 8.48. The number of Topliss-reactive ketones (excluding diaryl/α,β-unsaturated/α-hetero) is 1. The molecule has 0 saturated heterocycles. The van der Waals surface area contributed by atoms with E-state index in [1.54, 1.807) is 12.1 Å². The summed E-state index contributed by atoms with van der Waals surface area (Å²) < 4.78 is 22.6. The van der Waals surface area contributed by atoms with E-state index in [1.165, 1.54) is 12.1 Å². The molecular weight excluding hydrogens is 248 g/mol. The zero-order valence-corrected chi connectivity index (χ0v) is 11.2. The Morgan fingerprint density at radius 1 is 1.11 bits per heavy atom. The summed E-state index contributed by atoms with van der Waals surface area (Å²) in [5.74, 6) is 0.0229. The fourth-order valence-corrected chi connectivity index (χ4v) is 2.71. The largest absolute Gasteiger partial charge is 0.289 e. The number of carbonyl (C=O) groups excluding carboxylic acids is 1. The molecule has 18 heavy (non-hydrogen) atoms. The summed E-state index contributed by atoms with van der Waals surface area (Å²) in [4.78, 5) is 12.4. The summed E-state index contributed by atoms with van der Waals surface area (Å²) in [5, 5.41) is 0. The van der Waals surface area contributed by atoms with Crippen LogP contribution in [0.2, 0.25) is 0 Å². The van der Waals surface area contributed by atoms with Gasteiger partial charge in [-0.15, -0.1) is 0 Å². The van der Waals surface area contributed by atoms with Crippen LogP contribution in [0.5, 0.6) is 0 Å². The zero-order valence-electron chi connectivity index (χ0n) is 10.3. The number of hydrogen-bond acceptors (Lipinski definition) is 3. The predicted molar refractivity (Wildman–Crippen MR) is 70.4 cm³/mol. The maximum atomic E-state index is 12.1. The molecule has 0 fully saturated rings. The predicted octanol–water partition coefficient (Wildman–Crippen LogP) is 2.77. The van der Waals surface area contributed by atoms with Crippen LogP contribution in [0.15, 0.2) is 40.8 Å². The number of carbonyl (C=O) groups is 1. The molecule has 0 aliphatic heterocycles. The van der Waals surface area contributed by atoms with Crippen molar-refractivity contribution < 1.29 is 13.2 Å². The molecule has 0 N–H and O–H groups in total. The van der Waals surface area contributed by atoms with Gasteiger partial charge in [-0.2, -0.15) is 0 Å². The van der Waals surface area contributed by atoms with Gasteiger partial charge in [0.1, 0.15) is 0 Å². The van der Waals surface area contributed by atoms with Crippen LogP contribution in [0.4, 0.5) is 0 Å². The lowest BCUT2D eigenvalue weighted by molar-refractivity contribution is 0.102. The smallest absolute Gasteiger partial charge is 0.188 e. The second-order valence-electron chi connectivity index (χ2n) is 4.60. The number of ketones is 1. The summed E-state index contributed by atoms with van der Waals surface area (Å²) in [6.45, 7) is 0. The van der Waals surface area contributed by atoms with Gasteiger partial charge in [0, 0.05) is 11.8 Å². The third kappa shape index (κ3) is 2.88. The molecule has 0 atom stereocenters. The molecule has 96 valence electrons. The molecule has 0 aromatic heterocycles. The average molecular weight is 264 g/mol. The van der Waals surface area contributed by atoms with Crippen LogP contribution < -0.4 is 0 Å². The van der Waals surface area contributed by atoms with Crippen molar-refractivity contribution >= 4 is 15.6 Å². The van der Waals surface area contributed by atoms with Gasteiger partial charge in [0.2, 0.25) is 0 Å². The van der Waals surface area contributed by atoms with Gasteiger partial charge in [0.15, 0.2) is 15.6 Å². The minimum atomic E-state index is -3.20. The standard InChI is InChI=1S/C14H16O3S/c1-18(16,17)13-9-7-12(8-10-13)14(15)11-5-3-2-4-6-11/h5,7-10H,2-4,6H2,1H3. The zero-order chi connectivity index (χ0) is 13.2. The molecule has 3 nitrogen and oxygen atoms in total. The Hall–Kier alpha value is -1.42. The minimum absolute atomic E-state index is 0.0229. The van der Waals surface area contributed by atoms with E-state index in [1.807, 2.05) is 6.08 Å². The molecule has 1 aromatic carbocycles. The van der Waals surface area contributed by atoms with E-state index in [2.05, 4.69) is 0 Å². The van der Waals surface area contributed by atoms with Gasteiger partial charge in [0.05, 0.1) is 4.90 Å². The van der Waals surface area contributed by atoms with E-state index in [0.29, 0.717) is 5.56 Å². The van der Waals surface area contributed by atoms with E-state index < -0.39 is 9.84 Å². The molecule has 0 saturated carbocycles. The molecule has 1 aliphatic carbocycles. The lowest BCUT2D eigenvalue weighted by Gasteiger charge is -2.11. The molecule has 0 radical (unpaired) electrons. The summed E-state index contributed by atoms with van der Waals surface area (Å²) in [6.07, 6.45) is 7.14. The first-order valence-corrected chi connectivity index (χ1v) is 7.91. The Balaban J connectivity index is 2.24.